The van der Waals surface area contributed by atoms with E-state index in [4.69, 9.17) is 0 Å². The van der Waals surface area contributed by atoms with Gasteiger partial charge < -0.3 is 15.5 Å². The maximum Gasteiger partial charge on any atom is 0.416 e. The number of nitrogens with one attached hydrogen (secondary N) is 2. The van der Waals surface area contributed by atoms with Crippen molar-refractivity contribution in [1.29, 1.82) is 0 Å². The van der Waals surface area contributed by atoms with Crippen LogP contribution in [0.2, 0.25) is 0 Å². The number of nitrogens with zero attached hydrogens (tertiary/aromatic N) is 2. The third-order valence-corrected chi connectivity index (χ3v) is 5.44. The number of urea groups is 1. The second-order valence-electron chi connectivity index (χ2n) is 8.09. The van der Waals surface area contributed by atoms with Gasteiger partial charge in [-0.1, -0.05) is 24.3 Å². The minimum atomic E-state index is -4.34. The average molecular weight is 448 g/mol. The molecule has 0 bridgehead atoms. The summed E-state index contributed by atoms with van der Waals surface area (Å²) in [5, 5.41) is 5.76. The number of halogens is 3. The van der Waals surface area contributed by atoms with Gasteiger partial charge in [0.1, 0.15) is 0 Å². The van der Waals surface area contributed by atoms with E-state index < -0.39 is 11.7 Å². The lowest BCUT2D eigenvalue weighted by Gasteiger charge is -2.18. The van der Waals surface area contributed by atoms with E-state index in [1.807, 2.05) is 18.2 Å². The Kier molecular flexibility index (Phi) is 7.40. The van der Waals surface area contributed by atoms with Gasteiger partial charge in [-0.2, -0.15) is 13.2 Å². The topological polar surface area (TPSA) is 64.7 Å². The van der Waals surface area contributed by atoms with Crippen molar-refractivity contribution in [2.24, 2.45) is 0 Å². The number of hydrogen-bond acceptors (Lipinski definition) is 3. The first-order chi connectivity index (χ1) is 15.1. The molecule has 0 spiro atoms. The summed E-state index contributed by atoms with van der Waals surface area (Å²) in [7, 11) is 1.71. The second kappa shape index (κ2) is 10.0. The van der Waals surface area contributed by atoms with Gasteiger partial charge in [-0.05, 0) is 41.8 Å². The Morgan fingerprint density at radius 2 is 1.84 bits per heavy atom. The highest BCUT2D eigenvalue weighted by molar-refractivity contribution is 5.89. The smallest absolute Gasteiger partial charge is 0.342 e. The fourth-order valence-electron chi connectivity index (χ4n) is 3.64. The van der Waals surface area contributed by atoms with Crippen LogP contribution in [0.5, 0.6) is 0 Å². The first-order valence-corrected chi connectivity index (χ1v) is 10.4. The van der Waals surface area contributed by atoms with Crippen molar-refractivity contribution in [3.8, 4) is 0 Å². The molecule has 0 aliphatic carbocycles. The lowest BCUT2D eigenvalue weighted by atomic mass is 10.1. The molecule has 1 atom stereocenters. The Balaban J connectivity index is 1.47. The summed E-state index contributed by atoms with van der Waals surface area (Å²) in [5.74, 6) is -0.0387. The van der Waals surface area contributed by atoms with Crippen molar-refractivity contribution in [2.75, 3.05) is 25.5 Å². The summed E-state index contributed by atoms with van der Waals surface area (Å²) in [5.41, 5.74) is 1.69. The molecule has 3 rings (SSSR count). The van der Waals surface area contributed by atoms with Crippen molar-refractivity contribution in [3.63, 3.8) is 0 Å². The third kappa shape index (κ3) is 6.71. The normalized spacial score (nSPS) is 16.6. The monoisotopic (exact) mass is 448 g/mol. The first-order valence-electron chi connectivity index (χ1n) is 10.4. The van der Waals surface area contributed by atoms with Gasteiger partial charge in [0, 0.05) is 51.9 Å². The molecule has 0 aromatic heterocycles. The molecule has 1 aliphatic rings. The number of anilines is 1. The number of carbonyl (C=O) groups is 2. The van der Waals surface area contributed by atoms with Crippen LogP contribution in [-0.2, 0) is 24.1 Å². The number of benzene rings is 2. The van der Waals surface area contributed by atoms with Crippen LogP contribution in [0.1, 0.15) is 30.0 Å². The van der Waals surface area contributed by atoms with Crippen LogP contribution < -0.4 is 10.6 Å². The van der Waals surface area contributed by atoms with E-state index in [0.29, 0.717) is 25.3 Å². The molecule has 32 heavy (non-hydrogen) atoms. The molecule has 2 aromatic rings. The van der Waals surface area contributed by atoms with E-state index in [2.05, 4.69) is 15.5 Å². The molecule has 2 aromatic carbocycles. The fourth-order valence-corrected chi connectivity index (χ4v) is 3.64. The lowest BCUT2D eigenvalue weighted by molar-refractivity contribution is -0.137. The minimum Gasteiger partial charge on any atom is -0.342 e. The number of hydrogen-bond donors (Lipinski definition) is 2. The summed E-state index contributed by atoms with van der Waals surface area (Å²) < 4.78 is 38.1. The third-order valence-electron chi connectivity index (χ3n) is 5.44. The number of carbonyl (C=O) groups excluding carboxylic acids is 2. The van der Waals surface area contributed by atoms with Gasteiger partial charge in [0.25, 0.3) is 0 Å². The van der Waals surface area contributed by atoms with Crippen molar-refractivity contribution >= 4 is 17.6 Å². The Hall–Kier alpha value is -3.07. The summed E-state index contributed by atoms with van der Waals surface area (Å²) in [4.78, 5) is 27.5. The van der Waals surface area contributed by atoms with Crippen LogP contribution in [0.15, 0.2) is 48.5 Å². The van der Waals surface area contributed by atoms with Gasteiger partial charge >= 0.3 is 12.2 Å². The van der Waals surface area contributed by atoms with Crippen LogP contribution in [0.4, 0.5) is 23.7 Å². The molecule has 1 saturated heterocycles. The maximum absolute atomic E-state index is 12.7. The highest BCUT2D eigenvalue weighted by Gasteiger charge is 2.30. The predicted octanol–water partition coefficient (Wildman–Crippen LogP) is 4.08. The van der Waals surface area contributed by atoms with E-state index in [1.54, 1.807) is 18.0 Å². The number of likely N-dealkylation sites (tertiary alicyclic amines) is 1. The van der Waals surface area contributed by atoms with Crippen LogP contribution in [-0.4, -0.2) is 47.9 Å². The van der Waals surface area contributed by atoms with E-state index in [-0.39, 0.29) is 18.0 Å². The van der Waals surface area contributed by atoms with Gasteiger partial charge in [0.05, 0.1) is 5.56 Å². The van der Waals surface area contributed by atoms with Crippen LogP contribution in [0, 0.1) is 0 Å². The molecule has 1 heterocycles. The number of alkyl halides is 3. The summed E-state index contributed by atoms with van der Waals surface area (Å²) >= 11 is 0. The van der Waals surface area contributed by atoms with Crippen molar-refractivity contribution in [2.45, 2.75) is 38.7 Å². The van der Waals surface area contributed by atoms with E-state index >= 15 is 0 Å². The van der Waals surface area contributed by atoms with Gasteiger partial charge in [-0.15, -0.1) is 0 Å². The highest BCUT2D eigenvalue weighted by Crippen LogP contribution is 2.29. The minimum absolute atomic E-state index is 0.0387. The summed E-state index contributed by atoms with van der Waals surface area (Å²) in [6.07, 6.45) is -3.57. The van der Waals surface area contributed by atoms with Gasteiger partial charge in [0.15, 0.2) is 0 Å². The lowest BCUT2D eigenvalue weighted by Crippen LogP contribution is -2.39. The summed E-state index contributed by atoms with van der Waals surface area (Å²) in [6, 6.07) is 12.1. The van der Waals surface area contributed by atoms with Crippen molar-refractivity contribution in [3.05, 3.63) is 65.2 Å². The molecule has 0 radical (unpaired) electrons. The Morgan fingerprint density at radius 3 is 2.50 bits per heavy atom. The number of amides is 3. The Labute approximate surface area is 185 Å². The quantitative estimate of drug-likeness (QED) is 0.700. The van der Waals surface area contributed by atoms with Gasteiger partial charge in [0.2, 0.25) is 5.91 Å². The van der Waals surface area contributed by atoms with Crippen molar-refractivity contribution in [1.82, 2.24) is 15.1 Å². The van der Waals surface area contributed by atoms with Gasteiger partial charge in [-0.3, -0.25) is 9.69 Å². The molecule has 6 nitrogen and oxygen atoms in total. The molecular formula is C23H27F3N4O2. The van der Waals surface area contributed by atoms with E-state index in [9.17, 15) is 22.8 Å². The zero-order valence-electron chi connectivity index (χ0n) is 18.1. The molecule has 1 aliphatic heterocycles. The maximum atomic E-state index is 12.7. The SMILES string of the molecule is CC(=O)N(C)Cc1cccc(NC(=O)NC2CCN(Cc3ccc(C(F)(F)F)cc3)C2)c1. The van der Waals surface area contributed by atoms with Crippen LogP contribution in [0.3, 0.4) is 0 Å². The molecular weight excluding hydrogens is 421 g/mol. The summed E-state index contributed by atoms with van der Waals surface area (Å²) in [6.45, 7) is 3.85. The Morgan fingerprint density at radius 1 is 1.12 bits per heavy atom. The molecule has 3 amide bonds. The zero-order chi connectivity index (χ0) is 23.3. The number of rotatable bonds is 6. The molecule has 172 valence electrons. The highest BCUT2D eigenvalue weighted by atomic mass is 19.4. The molecule has 0 saturated carbocycles. The van der Waals surface area contributed by atoms with Crippen LogP contribution >= 0.6 is 0 Å². The molecule has 2 N–H and O–H groups in total. The van der Waals surface area contributed by atoms with E-state index in [1.165, 1.54) is 19.1 Å². The second-order valence-corrected chi connectivity index (χ2v) is 8.09. The molecule has 9 heteroatoms. The Bertz CT molecular complexity index is 947. The first kappa shape index (κ1) is 23.6. The standard InChI is InChI=1S/C23H27F3N4O2/c1-16(31)29(2)13-18-4-3-5-20(12-18)27-22(32)28-21-10-11-30(15-21)14-17-6-8-19(9-7-17)23(24,25)26/h3-9,12,21H,10-11,13-15H2,1-2H3,(H2,27,28,32). The van der Waals surface area contributed by atoms with Crippen LogP contribution in [0.25, 0.3) is 0 Å². The molecule has 1 fully saturated rings. The largest absolute Gasteiger partial charge is 0.416 e. The zero-order valence-corrected chi connectivity index (χ0v) is 18.1. The predicted molar refractivity (Wildman–Crippen MR) is 116 cm³/mol. The average Bonchev–Trinajstić information content (AvgIpc) is 3.14. The molecule has 1 unspecified atom stereocenters. The fraction of sp³-hybridized carbons (Fsp3) is 0.391. The van der Waals surface area contributed by atoms with Gasteiger partial charge in [-0.25, -0.2) is 4.79 Å². The van der Waals surface area contributed by atoms with E-state index in [0.717, 1.165) is 36.2 Å². The van der Waals surface area contributed by atoms with Crippen molar-refractivity contribution < 1.29 is 22.8 Å².